The van der Waals surface area contributed by atoms with Crippen LogP contribution in [0, 0.1) is 0 Å². The highest BCUT2D eigenvalue weighted by Crippen LogP contribution is 2.24. The Balaban J connectivity index is 2.94. The lowest BCUT2D eigenvalue weighted by molar-refractivity contribution is 1.84. The van der Waals surface area contributed by atoms with E-state index < -0.39 is 0 Å². The van der Waals surface area contributed by atoms with Gasteiger partial charge in [-0.05, 0) is 44.0 Å². The molecule has 0 unspecified atom stereocenters. The highest BCUT2D eigenvalue weighted by molar-refractivity contribution is 9.11. The molecule has 9 heavy (non-hydrogen) atoms. The predicted octanol–water partition coefficient (Wildman–Crippen LogP) is 3.88. The summed E-state index contributed by atoms with van der Waals surface area (Å²) in [6, 6.07) is 2.06. The van der Waals surface area contributed by atoms with Crippen LogP contribution in [0.4, 0.5) is 0 Å². The third kappa shape index (κ3) is 1.92. The Morgan fingerprint density at radius 3 is 2.78 bits per heavy atom. The molecule has 0 saturated carbocycles. The average molecular weight is 268 g/mol. The monoisotopic (exact) mass is 266 g/mol. The second kappa shape index (κ2) is 3.54. The van der Waals surface area contributed by atoms with Crippen LogP contribution in [0.1, 0.15) is 5.56 Å². The minimum Gasteiger partial charge on any atom is -0.136 e. The van der Waals surface area contributed by atoms with Gasteiger partial charge in [-0.15, -0.1) is 11.3 Å². The molecule has 48 valence electrons. The summed E-state index contributed by atoms with van der Waals surface area (Å²) in [6.45, 7) is 0. The van der Waals surface area contributed by atoms with Gasteiger partial charge in [-0.25, -0.2) is 0 Å². The topological polar surface area (TPSA) is 0 Å². The van der Waals surface area contributed by atoms with Crippen LogP contribution in [-0.4, -0.2) is 0 Å². The van der Waals surface area contributed by atoms with Gasteiger partial charge in [0.05, 0.1) is 3.79 Å². The molecule has 0 radical (unpaired) electrons. The zero-order valence-electron chi connectivity index (χ0n) is 4.47. The largest absolute Gasteiger partial charge is 0.136 e. The minimum atomic E-state index is 1.18. The van der Waals surface area contributed by atoms with Crippen LogP contribution < -0.4 is 0 Å². The van der Waals surface area contributed by atoms with E-state index in [1.54, 1.807) is 11.3 Å². The molecule has 0 saturated heterocycles. The highest BCUT2D eigenvalue weighted by Gasteiger charge is 1.93. The number of hydrogen-bond donors (Lipinski definition) is 0. The molecule has 0 amide bonds. The van der Waals surface area contributed by atoms with Crippen molar-refractivity contribution in [2.24, 2.45) is 0 Å². The van der Waals surface area contributed by atoms with Crippen LogP contribution in [0.3, 0.4) is 0 Å². The molecule has 1 aromatic rings. The van der Waals surface area contributed by atoms with Crippen molar-refractivity contribution in [2.75, 3.05) is 0 Å². The van der Waals surface area contributed by atoms with Gasteiger partial charge in [0.15, 0.2) is 0 Å². The average Bonchev–Trinajstić information content (AvgIpc) is 2.18. The van der Waals surface area contributed by atoms with Crippen LogP contribution in [0.5, 0.6) is 0 Å². The Labute approximate surface area is 74.8 Å². The molecule has 1 rings (SSSR count). The van der Waals surface area contributed by atoms with Crippen molar-refractivity contribution < 1.29 is 0 Å². The normalized spacial score (nSPS) is 10.9. The number of hydrogen-bond acceptors (Lipinski definition) is 1. The molecule has 1 heterocycles. The number of halogens is 2. The number of thiophene rings is 1. The molecule has 1 aromatic heterocycles. The molecule has 3 heteroatoms. The summed E-state index contributed by atoms with van der Waals surface area (Å²) in [6.07, 6.45) is 2.00. The fourth-order valence-electron chi connectivity index (χ4n) is 0.490. The predicted molar refractivity (Wildman–Crippen MR) is 50.0 cm³/mol. The van der Waals surface area contributed by atoms with Crippen molar-refractivity contribution >= 4 is 49.3 Å². The summed E-state index contributed by atoms with van der Waals surface area (Å²) in [5.74, 6) is 0. The second-order valence-electron chi connectivity index (χ2n) is 1.44. The molecule has 0 fully saturated rings. The molecule has 0 aromatic carbocycles. The fraction of sp³-hybridized carbons (Fsp3) is 0. The Hall–Kier alpha value is 0.400. The first-order chi connectivity index (χ1) is 4.34. The molecule has 0 nitrogen and oxygen atoms in total. The number of rotatable bonds is 1. The molecular weight excluding hydrogens is 264 g/mol. The summed E-state index contributed by atoms with van der Waals surface area (Å²) in [4.78, 5) is 1.85. The van der Waals surface area contributed by atoms with E-state index in [9.17, 15) is 0 Å². The lowest BCUT2D eigenvalue weighted by Gasteiger charge is -1.82. The molecule has 0 atom stereocenters. The van der Waals surface area contributed by atoms with E-state index in [1.165, 1.54) is 9.35 Å². The van der Waals surface area contributed by atoms with E-state index in [-0.39, 0.29) is 0 Å². The van der Waals surface area contributed by atoms with Gasteiger partial charge < -0.3 is 0 Å². The quantitative estimate of drug-likeness (QED) is 0.725. The van der Waals surface area contributed by atoms with E-state index in [0.717, 1.165) is 0 Å². The summed E-state index contributed by atoms with van der Waals surface area (Å²) >= 11 is 8.31. The lowest BCUT2D eigenvalue weighted by atomic mass is 10.3. The van der Waals surface area contributed by atoms with Crippen LogP contribution in [0.25, 0.3) is 6.08 Å². The fourth-order valence-corrected chi connectivity index (χ4v) is 1.97. The zero-order valence-corrected chi connectivity index (χ0v) is 8.46. The third-order valence-corrected chi connectivity index (χ3v) is 2.89. The van der Waals surface area contributed by atoms with Crippen molar-refractivity contribution in [2.45, 2.75) is 0 Å². The van der Waals surface area contributed by atoms with Gasteiger partial charge in [-0.1, -0.05) is 15.9 Å². The van der Waals surface area contributed by atoms with Gasteiger partial charge in [0.25, 0.3) is 0 Å². The molecule has 0 aliphatic heterocycles. The van der Waals surface area contributed by atoms with Crippen molar-refractivity contribution in [3.8, 4) is 0 Å². The first-order valence-corrected chi connectivity index (χ1v) is 4.93. The Morgan fingerprint density at radius 1 is 1.56 bits per heavy atom. The van der Waals surface area contributed by atoms with Crippen molar-refractivity contribution in [1.82, 2.24) is 0 Å². The third-order valence-electron chi connectivity index (χ3n) is 0.889. The summed E-state index contributed by atoms with van der Waals surface area (Å²) in [5.41, 5.74) is 1.22. The van der Waals surface area contributed by atoms with E-state index in [4.69, 9.17) is 0 Å². The smallest absolute Gasteiger partial charge is 0.0770 e. The van der Waals surface area contributed by atoms with Gasteiger partial charge >= 0.3 is 0 Å². The molecule has 0 N–H and O–H groups in total. The van der Waals surface area contributed by atoms with Gasteiger partial charge in [0, 0.05) is 0 Å². The highest BCUT2D eigenvalue weighted by atomic mass is 79.9. The van der Waals surface area contributed by atoms with Crippen molar-refractivity contribution in [3.05, 3.63) is 25.8 Å². The van der Waals surface area contributed by atoms with Gasteiger partial charge in [-0.2, -0.15) is 0 Å². The summed E-state index contributed by atoms with van der Waals surface area (Å²) in [5, 5.41) is 2.05. The van der Waals surface area contributed by atoms with Crippen molar-refractivity contribution in [3.63, 3.8) is 0 Å². The van der Waals surface area contributed by atoms with Crippen LogP contribution >= 0.6 is 43.2 Å². The van der Waals surface area contributed by atoms with Gasteiger partial charge in [0.2, 0.25) is 0 Å². The standard InChI is InChI=1S/C6H4Br2S/c7-3-1-5-2-4-9-6(5)8/h1-4H/b3-1+. The first kappa shape index (κ1) is 7.51. The minimum absolute atomic E-state index is 1.18. The maximum Gasteiger partial charge on any atom is 0.0770 e. The summed E-state index contributed by atoms with van der Waals surface area (Å²) < 4.78 is 1.18. The van der Waals surface area contributed by atoms with E-state index in [0.29, 0.717) is 0 Å². The molecule has 0 spiro atoms. The lowest BCUT2D eigenvalue weighted by Crippen LogP contribution is -1.58. The van der Waals surface area contributed by atoms with Crippen LogP contribution in [0.15, 0.2) is 20.2 Å². The second-order valence-corrected chi connectivity index (χ2v) is 4.20. The van der Waals surface area contributed by atoms with E-state index in [1.807, 2.05) is 16.4 Å². The zero-order chi connectivity index (χ0) is 6.69. The molecular formula is C6H4Br2S. The van der Waals surface area contributed by atoms with E-state index >= 15 is 0 Å². The van der Waals surface area contributed by atoms with Crippen LogP contribution in [0.2, 0.25) is 0 Å². The molecule has 0 aliphatic rings. The summed E-state index contributed by atoms with van der Waals surface area (Å²) in [7, 11) is 0. The molecule has 0 bridgehead atoms. The Morgan fingerprint density at radius 2 is 2.33 bits per heavy atom. The first-order valence-electron chi connectivity index (χ1n) is 2.34. The van der Waals surface area contributed by atoms with Gasteiger partial charge in [0.1, 0.15) is 0 Å². The Kier molecular flexibility index (Phi) is 2.95. The maximum absolute atomic E-state index is 3.41. The van der Waals surface area contributed by atoms with Gasteiger partial charge in [-0.3, -0.25) is 0 Å². The molecule has 0 aliphatic carbocycles. The maximum atomic E-state index is 3.41. The Bertz CT molecular complexity index is 215. The van der Waals surface area contributed by atoms with Crippen LogP contribution in [-0.2, 0) is 0 Å². The van der Waals surface area contributed by atoms with Crippen molar-refractivity contribution in [1.29, 1.82) is 0 Å². The van der Waals surface area contributed by atoms with E-state index in [2.05, 4.69) is 37.9 Å². The SMILES string of the molecule is Br/C=C/c1ccsc1Br.